The normalized spacial score (nSPS) is 12.0. The van der Waals surface area contributed by atoms with Crippen LogP contribution in [0.15, 0.2) is 0 Å². The van der Waals surface area contributed by atoms with Gasteiger partial charge in [-0.3, -0.25) is 0 Å². The molecule has 12 heavy (non-hydrogen) atoms. The molecule has 0 aromatic heterocycles. The SMILES string of the molecule is [O]CCOCC(CO)(CO)CO. The van der Waals surface area contributed by atoms with E-state index in [0.717, 1.165) is 0 Å². The van der Waals surface area contributed by atoms with Crippen molar-refractivity contribution in [3.05, 3.63) is 0 Å². The summed E-state index contributed by atoms with van der Waals surface area (Å²) in [5, 5.41) is 36.4. The molecule has 0 bridgehead atoms. The lowest BCUT2D eigenvalue weighted by atomic mass is 9.93. The van der Waals surface area contributed by atoms with Crippen LogP contribution >= 0.6 is 0 Å². The highest BCUT2D eigenvalue weighted by Crippen LogP contribution is 2.14. The zero-order valence-corrected chi connectivity index (χ0v) is 6.90. The Bertz CT molecular complexity index is 93.7. The van der Waals surface area contributed by atoms with Crippen LogP contribution in [0.4, 0.5) is 0 Å². The van der Waals surface area contributed by atoms with E-state index in [1.54, 1.807) is 0 Å². The van der Waals surface area contributed by atoms with E-state index in [1.165, 1.54) is 0 Å². The lowest BCUT2D eigenvalue weighted by molar-refractivity contribution is -0.0660. The summed E-state index contributed by atoms with van der Waals surface area (Å²) in [6, 6.07) is 0. The molecular formula is C7H15O5. The van der Waals surface area contributed by atoms with Crippen molar-refractivity contribution in [2.24, 2.45) is 5.41 Å². The van der Waals surface area contributed by atoms with Crippen molar-refractivity contribution in [1.82, 2.24) is 0 Å². The molecule has 0 spiro atoms. The third-order valence-corrected chi connectivity index (χ3v) is 1.64. The van der Waals surface area contributed by atoms with Crippen molar-refractivity contribution in [2.45, 2.75) is 0 Å². The van der Waals surface area contributed by atoms with E-state index in [1.807, 2.05) is 0 Å². The Balaban J connectivity index is 3.76. The Morgan fingerprint density at radius 1 is 1.08 bits per heavy atom. The van der Waals surface area contributed by atoms with Gasteiger partial charge < -0.3 is 20.1 Å². The van der Waals surface area contributed by atoms with Crippen molar-refractivity contribution in [2.75, 3.05) is 39.6 Å². The molecule has 0 aromatic carbocycles. The monoisotopic (exact) mass is 179 g/mol. The Morgan fingerprint density at radius 2 is 1.58 bits per heavy atom. The maximum Gasteiger partial charge on any atom is 0.106 e. The summed E-state index contributed by atoms with van der Waals surface area (Å²) < 4.78 is 4.83. The zero-order chi connectivity index (χ0) is 9.45. The van der Waals surface area contributed by atoms with E-state index in [4.69, 9.17) is 20.1 Å². The van der Waals surface area contributed by atoms with Crippen LogP contribution in [0.2, 0.25) is 0 Å². The molecule has 0 unspecified atom stereocenters. The molecule has 0 heterocycles. The summed E-state index contributed by atoms with van der Waals surface area (Å²) in [4.78, 5) is 0. The molecule has 0 saturated carbocycles. The largest absolute Gasteiger partial charge is 0.396 e. The number of aliphatic hydroxyl groups is 3. The van der Waals surface area contributed by atoms with Gasteiger partial charge in [0.15, 0.2) is 0 Å². The summed E-state index contributed by atoms with van der Waals surface area (Å²) in [7, 11) is 0. The number of aliphatic hydroxyl groups excluding tert-OH is 3. The molecule has 5 heteroatoms. The Kier molecular flexibility index (Phi) is 6.23. The lowest BCUT2D eigenvalue weighted by Gasteiger charge is -2.26. The molecule has 73 valence electrons. The van der Waals surface area contributed by atoms with Gasteiger partial charge in [0, 0.05) is 0 Å². The van der Waals surface area contributed by atoms with Crippen molar-refractivity contribution in [3.63, 3.8) is 0 Å². The molecule has 0 saturated heterocycles. The smallest absolute Gasteiger partial charge is 0.106 e. The molecule has 0 aliphatic heterocycles. The molecule has 0 fully saturated rings. The third-order valence-electron chi connectivity index (χ3n) is 1.64. The molecule has 0 atom stereocenters. The fourth-order valence-corrected chi connectivity index (χ4v) is 0.635. The Labute approximate surface area is 71.2 Å². The first kappa shape index (κ1) is 11.8. The van der Waals surface area contributed by atoms with E-state index in [9.17, 15) is 5.11 Å². The van der Waals surface area contributed by atoms with Gasteiger partial charge in [0.25, 0.3) is 0 Å². The molecule has 0 aliphatic carbocycles. The zero-order valence-electron chi connectivity index (χ0n) is 6.90. The third kappa shape index (κ3) is 3.46. The van der Waals surface area contributed by atoms with E-state index in [2.05, 4.69) is 0 Å². The first-order valence-corrected chi connectivity index (χ1v) is 3.73. The first-order valence-electron chi connectivity index (χ1n) is 3.73. The van der Waals surface area contributed by atoms with Crippen molar-refractivity contribution >= 4 is 0 Å². The van der Waals surface area contributed by atoms with Gasteiger partial charge in [-0.1, -0.05) is 0 Å². The van der Waals surface area contributed by atoms with Gasteiger partial charge in [0.1, 0.15) is 6.61 Å². The van der Waals surface area contributed by atoms with Crippen LogP contribution < -0.4 is 0 Å². The van der Waals surface area contributed by atoms with Crippen LogP contribution in [0.25, 0.3) is 0 Å². The highest BCUT2D eigenvalue weighted by molar-refractivity contribution is 4.76. The Hall–Kier alpha value is -0.200. The average molecular weight is 179 g/mol. The molecule has 5 nitrogen and oxygen atoms in total. The van der Waals surface area contributed by atoms with Gasteiger partial charge in [-0.2, -0.15) is 0 Å². The molecule has 0 amide bonds. The molecule has 0 aromatic rings. The number of ether oxygens (including phenoxy) is 1. The summed E-state index contributed by atoms with van der Waals surface area (Å²) in [5.41, 5.74) is -1.02. The van der Waals surface area contributed by atoms with Gasteiger partial charge in [-0.15, -0.1) is 0 Å². The van der Waals surface area contributed by atoms with Crippen molar-refractivity contribution < 1.29 is 25.2 Å². The number of rotatable bonds is 7. The lowest BCUT2D eigenvalue weighted by Crippen LogP contribution is -2.38. The van der Waals surface area contributed by atoms with Crippen molar-refractivity contribution in [1.29, 1.82) is 0 Å². The average Bonchev–Trinajstić information content (AvgIpc) is 2.14. The minimum absolute atomic E-state index is 0.00125. The van der Waals surface area contributed by atoms with E-state index < -0.39 is 5.41 Å². The minimum Gasteiger partial charge on any atom is -0.396 e. The molecule has 1 radical (unpaired) electrons. The van der Waals surface area contributed by atoms with Gasteiger partial charge in [-0.25, -0.2) is 5.11 Å². The summed E-state index contributed by atoms with van der Waals surface area (Å²) in [6.45, 7) is -1.42. The second kappa shape index (κ2) is 6.33. The van der Waals surface area contributed by atoms with Crippen LogP contribution in [0.1, 0.15) is 0 Å². The molecular weight excluding hydrogens is 164 g/mol. The summed E-state index contributed by atoms with van der Waals surface area (Å²) in [6.07, 6.45) is 0. The van der Waals surface area contributed by atoms with Crippen LogP contribution in [-0.2, 0) is 9.84 Å². The predicted octanol–water partition coefficient (Wildman–Crippen LogP) is -1.60. The predicted molar refractivity (Wildman–Crippen MR) is 40.1 cm³/mol. The highest BCUT2D eigenvalue weighted by atomic mass is 16.5. The maximum atomic E-state index is 9.97. The standard InChI is InChI=1S/C7H15O5/c8-1-2-12-6-7(3-9,4-10)5-11/h9-11H,1-6H2. The molecule has 0 rings (SSSR count). The van der Waals surface area contributed by atoms with Gasteiger partial charge in [0.05, 0.1) is 38.4 Å². The van der Waals surface area contributed by atoms with Crippen LogP contribution in [0.5, 0.6) is 0 Å². The quantitative estimate of drug-likeness (QED) is 0.410. The number of hydrogen-bond acceptors (Lipinski definition) is 4. The van der Waals surface area contributed by atoms with E-state index >= 15 is 0 Å². The second-order valence-corrected chi connectivity index (χ2v) is 2.73. The van der Waals surface area contributed by atoms with Gasteiger partial charge >= 0.3 is 0 Å². The maximum absolute atomic E-state index is 9.97. The topological polar surface area (TPSA) is 89.8 Å². The van der Waals surface area contributed by atoms with Gasteiger partial charge in [0.2, 0.25) is 0 Å². The van der Waals surface area contributed by atoms with E-state index in [0.29, 0.717) is 0 Å². The summed E-state index contributed by atoms with van der Waals surface area (Å²) in [5.74, 6) is 0. The molecule has 3 N–H and O–H groups in total. The number of hydrogen-bond donors (Lipinski definition) is 3. The first-order chi connectivity index (χ1) is 5.74. The minimum atomic E-state index is -1.02. The Morgan fingerprint density at radius 3 is 1.92 bits per heavy atom. The fraction of sp³-hybridized carbons (Fsp3) is 1.00. The van der Waals surface area contributed by atoms with Crippen LogP contribution in [-0.4, -0.2) is 55.0 Å². The van der Waals surface area contributed by atoms with Crippen LogP contribution in [0.3, 0.4) is 0 Å². The fourth-order valence-electron chi connectivity index (χ4n) is 0.635. The van der Waals surface area contributed by atoms with Crippen molar-refractivity contribution in [3.8, 4) is 0 Å². The van der Waals surface area contributed by atoms with Gasteiger partial charge in [-0.05, 0) is 0 Å². The second-order valence-electron chi connectivity index (χ2n) is 2.73. The van der Waals surface area contributed by atoms with Crippen LogP contribution in [0, 0.1) is 5.41 Å². The molecule has 0 aliphatic rings. The highest BCUT2D eigenvalue weighted by Gasteiger charge is 2.28. The summed E-state index contributed by atoms with van der Waals surface area (Å²) >= 11 is 0. The van der Waals surface area contributed by atoms with E-state index in [-0.39, 0.29) is 39.6 Å².